The Labute approximate surface area is 130 Å². The Morgan fingerprint density at radius 3 is 2.90 bits per heavy atom. The molecule has 2 heterocycles. The number of hydrogen-bond acceptors (Lipinski definition) is 2. The SMILES string of the molecule is CCn1cc(Br)cc1C(=O)NCc1cc2ccccc2o1. The van der Waals surface area contributed by atoms with Gasteiger partial charge in [0.15, 0.2) is 0 Å². The summed E-state index contributed by atoms with van der Waals surface area (Å²) in [5.41, 5.74) is 1.47. The van der Waals surface area contributed by atoms with Crippen LogP contribution in [0.5, 0.6) is 0 Å². The summed E-state index contributed by atoms with van der Waals surface area (Å²) >= 11 is 3.39. The van der Waals surface area contributed by atoms with Crippen LogP contribution in [0, 0.1) is 0 Å². The van der Waals surface area contributed by atoms with E-state index < -0.39 is 0 Å². The number of aryl methyl sites for hydroxylation is 1. The van der Waals surface area contributed by atoms with Gasteiger partial charge in [0.2, 0.25) is 0 Å². The number of halogens is 1. The summed E-state index contributed by atoms with van der Waals surface area (Å²) in [6, 6.07) is 11.6. The fraction of sp³-hybridized carbons (Fsp3) is 0.188. The average molecular weight is 347 g/mol. The highest BCUT2D eigenvalue weighted by Gasteiger charge is 2.12. The third kappa shape index (κ3) is 2.88. The quantitative estimate of drug-likeness (QED) is 0.777. The van der Waals surface area contributed by atoms with Crippen LogP contribution in [0.3, 0.4) is 0 Å². The molecular weight excluding hydrogens is 332 g/mol. The normalized spacial score (nSPS) is 11.0. The van der Waals surface area contributed by atoms with E-state index in [2.05, 4.69) is 21.2 Å². The van der Waals surface area contributed by atoms with E-state index in [1.807, 2.05) is 54.1 Å². The smallest absolute Gasteiger partial charge is 0.268 e. The van der Waals surface area contributed by atoms with E-state index in [-0.39, 0.29) is 5.91 Å². The Kier molecular flexibility index (Phi) is 3.84. The molecule has 0 aliphatic rings. The summed E-state index contributed by atoms with van der Waals surface area (Å²) < 4.78 is 8.49. The minimum Gasteiger partial charge on any atom is -0.459 e. The van der Waals surface area contributed by atoms with E-state index >= 15 is 0 Å². The van der Waals surface area contributed by atoms with Crippen molar-refractivity contribution in [1.29, 1.82) is 0 Å². The summed E-state index contributed by atoms with van der Waals surface area (Å²) in [6.07, 6.45) is 1.90. The van der Waals surface area contributed by atoms with Gasteiger partial charge in [0.25, 0.3) is 5.91 Å². The van der Waals surface area contributed by atoms with E-state index in [0.717, 1.165) is 27.7 Å². The predicted molar refractivity (Wildman–Crippen MR) is 85.2 cm³/mol. The molecule has 0 aliphatic heterocycles. The maximum atomic E-state index is 12.2. The highest BCUT2D eigenvalue weighted by molar-refractivity contribution is 9.10. The topological polar surface area (TPSA) is 47.2 Å². The molecule has 1 N–H and O–H groups in total. The molecule has 2 aromatic heterocycles. The number of fused-ring (bicyclic) bond motifs is 1. The molecule has 0 saturated heterocycles. The molecule has 108 valence electrons. The van der Waals surface area contributed by atoms with E-state index in [4.69, 9.17) is 4.42 Å². The van der Waals surface area contributed by atoms with Crippen LogP contribution in [0.25, 0.3) is 11.0 Å². The summed E-state index contributed by atoms with van der Waals surface area (Å²) in [4.78, 5) is 12.2. The standard InChI is InChI=1S/C16H15BrN2O2/c1-2-19-10-12(17)8-14(19)16(20)18-9-13-7-11-5-3-4-6-15(11)21-13/h3-8,10H,2,9H2,1H3,(H,18,20). The first-order valence-electron chi connectivity index (χ1n) is 6.78. The lowest BCUT2D eigenvalue weighted by molar-refractivity contribution is 0.0939. The number of furan rings is 1. The van der Waals surface area contributed by atoms with Gasteiger partial charge in [-0.25, -0.2) is 0 Å². The Bertz CT molecular complexity index is 756. The van der Waals surface area contributed by atoms with Crippen LogP contribution in [0.4, 0.5) is 0 Å². The molecule has 1 amide bonds. The van der Waals surface area contributed by atoms with Crippen molar-refractivity contribution in [3.05, 3.63) is 58.5 Å². The molecule has 4 nitrogen and oxygen atoms in total. The molecule has 0 radical (unpaired) electrons. The lowest BCUT2D eigenvalue weighted by Crippen LogP contribution is -2.25. The third-order valence-electron chi connectivity index (χ3n) is 3.34. The first kappa shape index (κ1) is 13.9. The van der Waals surface area contributed by atoms with Gasteiger partial charge < -0.3 is 14.3 Å². The zero-order valence-corrected chi connectivity index (χ0v) is 13.2. The number of rotatable bonds is 4. The predicted octanol–water partition coefficient (Wildman–Crippen LogP) is 3.95. The Morgan fingerprint density at radius 2 is 2.14 bits per heavy atom. The van der Waals surface area contributed by atoms with Crippen molar-refractivity contribution in [3.63, 3.8) is 0 Å². The molecule has 5 heteroatoms. The molecule has 3 aromatic rings. The first-order valence-corrected chi connectivity index (χ1v) is 7.58. The van der Waals surface area contributed by atoms with Gasteiger partial charge in [-0.3, -0.25) is 4.79 Å². The second kappa shape index (κ2) is 5.77. The molecule has 0 bridgehead atoms. The van der Waals surface area contributed by atoms with E-state index in [1.165, 1.54) is 0 Å². The van der Waals surface area contributed by atoms with Gasteiger partial charge in [0.05, 0.1) is 6.54 Å². The molecule has 1 aromatic carbocycles. The number of carbonyl (C=O) groups excluding carboxylic acids is 1. The zero-order valence-electron chi connectivity index (χ0n) is 11.6. The van der Waals surface area contributed by atoms with Gasteiger partial charge in [0, 0.05) is 22.6 Å². The molecular formula is C16H15BrN2O2. The number of amides is 1. The van der Waals surface area contributed by atoms with Crippen LogP contribution in [-0.2, 0) is 13.1 Å². The van der Waals surface area contributed by atoms with Gasteiger partial charge in [-0.1, -0.05) is 18.2 Å². The van der Waals surface area contributed by atoms with Crippen molar-refractivity contribution in [3.8, 4) is 0 Å². The van der Waals surface area contributed by atoms with Crippen LogP contribution < -0.4 is 5.32 Å². The zero-order chi connectivity index (χ0) is 14.8. The minimum absolute atomic E-state index is 0.108. The summed E-state index contributed by atoms with van der Waals surface area (Å²) in [5, 5.41) is 3.93. The van der Waals surface area contributed by atoms with Crippen LogP contribution in [-0.4, -0.2) is 10.5 Å². The van der Waals surface area contributed by atoms with E-state index in [9.17, 15) is 4.79 Å². The second-order valence-corrected chi connectivity index (χ2v) is 5.68. The maximum Gasteiger partial charge on any atom is 0.268 e. The van der Waals surface area contributed by atoms with Gasteiger partial charge in [-0.05, 0) is 41.1 Å². The Hall–Kier alpha value is -2.01. The molecule has 21 heavy (non-hydrogen) atoms. The summed E-state index contributed by atoms with van der Waals surface area (Å²) in [5.74, 6) is 0.640. The molecule has 3 rings (SSSR count). The lowest BCUT2D eigenvalue weighted by Gasteiger charge is -2.06. The van der Waals surface area contributed by atoms with Crippen molar-refractivity contribution in [2.75, 3.05) is 0 Å². The van der Waals surface area contributed by atoms with Crippen LogP contribution in [0.1, 0.15) is 23.2 Å². The minimum atomic E-state index is -0.108. The highest BCUT2D eigenvalue weighted by Crippen LogP contribution is 2.19. The number of benzene rings is 1. The van der Waals surface area contributed by atoms with Crippen molar-refractivity contribution >= 4 is 32.8 Å². The van der Waals surface area contributed by atoms with Gasteiger partial charge >= 0.3 is 0 Å². The number of hydrogen-bond donors (Lipinski definition) is 1. The number of carbonyl (C=O) groups is 1. The van der Waals surface area contributed by atoms with E-state index in [1.54, 1.807) is 0 Å². The Morgan fingerprint density at radius 1 is 1.33 bits per heavy atom. The van der Waals surface area contributed by atoms with Crippen molar-refractivity contribution in [1.82, 2.24) is 9.88 Å². The van der Waals surface area contributed by atoms with Crippen molar-refractivity contribution in [2.45, 2.75) is 20.0 Å². The largest absolute Gasteiger partial charge is 0.459 e. The second-order valence-electron chi connectivity index (χ2n) is 4.76. The Balaban J connectivity index is 1.73. The van der Waals surface area contributed by atoms with Crippen LogP contribution >= 0.6 is 15.9 Å². The molecule has 0 aliphatic carbocycles. The van der Waals surface area contributed by atoms with Gasteiger partial charge in [-0.2, -0.15) is 0 Å². The molecule has 0 fully saturated rings. The fourth-order valence-corrected chi connectivity index (χ4v) is 2.77. The summed E-state index contributed by atoms with van der Waals surface area (Å²) in [6.45, 7) is 3.13. The molecule has 0 spiro atoms. The molecule has 0 saturated carbocycles. The monoisotopic (exact) mass is 346 g/mol. The van der Waals surface area contributed by atoms with Crippen LogP contribution in [0.15, 0.2) is 51.5 Å². The lowest BCUT2D eigenvalue weighted by atomic mass is 10.2. The third-order valence-corrected chi connectivity index (χ3v) is 3.77. The number of para-hydroxylation sites is 1. The molecule has 0 unspecified atom stereocenters. The van der Waals surface area contributed by atoms with Crippen LogP contribution in [0.2, 0.25) is 0 Å². The van der Waals surface area contributed by atoms with E-state index in [0.29, 0.717) is 12.2 Å². The first-order chi connectivity index (χ1) is 10.2. The summed E-state index contributed by atoms with van der Waals surface area (Å²) in [7, 11) is 0. The van der Waals surface area contributed by atoms with Gasteiger partial charge in [-0.15, -0.1) is 0 Å². The fourth-order valence-electron chi connectivity index (χ4n) is 2.31. The number of aromatic nitrogens is 1. The van der Waals surface area contributed by atoms with Crippen molar-refractivity contribution < 1.29 is 9.21 Å². The van der Waals surface area contributed by atoms with Crippen molar-refractivity contribution in [2.24, 2.45) is 0 Å². The highest BCUT2D eigenvalue weighted by atomic mass is 79.9. The van der Waals surface area contributed by atoms with Gasteiger partial charge in [0.1, 0.15) is 17.0 Å². The molecule has 0 atom stereocenters. The number of nitrogens with one attached hydrogen (secondary N) is 1. The maximum absolute atomic E-state index is 12.2. The average Bonchev–Trinajstić information content (AvgIpc) is 3.07. The number of nitrogens with zero attached hydrogens (tertiary/aromatic N) is 1.